The molecule has 0 aliphatic rings. The average Bonchev–Trinajstić information content (AvgIpc) is 2.30. The van der Waals surface area contributed by atoms with Gasteiger partial charge in [-0.25, -0.2) is 0 Å². The second-order valence-corrected chi connectivity index (χ2v) is 6.27. The molecular weight excluding hydrogens is 258 g/mol. The highest BCUT2D eigenvalue weighted by molar-refractivity contribution is 5.80. The normalized spacial score (nSPS) is 12.5. The topological polar surface area (TPSA) is 87.3 Å². The van der Waals surface area contributed by atoms with E-state index in [-0.39, 0.29) is 36.6 Å². The van der Waals surface area contributed by atoms with Crippen LogP contribution in [-0.2, 0) is 14.4 Å². The summed E-state index contributed by atoms with van der Waals surface area (Å²) in [6.07, 6.45) is -1.35. The van der Waals surface area contributed by atoms with Crippen LogP contribution in [0.4, 0.5) is 0 Å². The Morgan fingerprint density at radius 2 is 1.40 bits per heavy atom. The largest absolute Gasteiger partial charge is 0.348 e. The predicted octanol–water partition coefficient (Wildman–Crippen LogP) is 0.263. The molecule has 0 bridgehead atoms. The molecule has 0 aliphatic heterocycles. The van der Waals surface area contributed by atoms with Crippen LogP contribution < -0.4 is 16.0 Å². The summed E-state index contributed by atoms with van der Waals surface area (Å²) >= 11 is 0. The van der Waals surface area contributed by atoms with Crippen molar-refractivity contribution in [2.75, 3.05) is 19.6 Å². The summed E-state index contributed by atoms with van der Waals surface area (Å²) in [6, 6.07) is 0. The van der Waals surface area contributed by atoms with Crippen LogP contribution >= 0.6 is 0 Å². The summed E-state index contributed by atoms with van der Waals surface area (Å²) in [6.45, 7) is 11.8. The number of hydrogen-bond acceptors (Lipinski definition) is 5. The predicted molar refractivity (Wildman–Crippen MR) is 80.6 cm³/mol. The molecule has 3 N–H and O–H groups in total. The van der Waals surface area contributed by atoms with Crippen molar-refractivity contribution in [3.8, 4) is 0 Å². The van der Waals surface area contributed by atoms with Gasteiger partial charge in [0.05, 0.1) is 19.6 Å². The summed E-state index contributed by atoms with van der Waals surface area (Å²) in [7, 11) is 0. The third-order valence-corrected chi connectivity index (χ3v) is 1.83. The van der Waals surface area contributed by atoms with E-state index in [0.29, 0.717) is 0 Å². The second kappa shape index (κ2) is 10.5. The average molecular weight is 289 g/mol. The zero-order valence-corrected chi connectivity index (χ0v) is 13.3. The molecule has 0 aromatic heterocycles. The quantitative estimate of drug-likeness (QED) is 0.611. The fraction of sp³-hybridized carbons (Fsp3) is 0.786. The first-order valence-electron chi connectivity index (χ1n) is 7.48. The van der Waals surface area contributed by atoms with Crippen molar-refractivity contribution in [3.63, 3.8) is 0 Å². The van der Waals surface area contributed by atoms with Gasteiger partial charge < -0.3 is 25.5 Å². The Balaban J connectivity index is 0. The molecule has 0 spiro atoms. The van der Waals surface area contributed by atoms with Crippen molar-refractivity contribution in [1.29, 1.82) is 0 Å². The van der Waals surface area contributed by atoms with E-state index in [9.17, 15) is 14.4 Å². The van der Waals surface area contributed by atoms with Gasteiger partial charge in [0, 0.05) is 11.1 Å². The Morgan fingerprint density at radius 3 is 1.70 bits per heavy atom. The first-order valence-corrected chi connectivity index (χ1v) is 6.48. The van der Waals surface area contributed by atoms with E-state index in [0.717, 1.165) is 0 Å². The third kappa shape index (κ3) is 22.0. The Bertz CT molecular complexity index is 375. The summed E-state index contributed by atoms with van der Waals surface area (Å²) in [5.74, 6) is -0.268. The van der Waals surface area contributed by atoms with E-state index in [1.165, 1.54) is 0 Å². The molecule has 6 heteroatoms. The number of nitrogens with one attached hydrogen (secondary N) is 3. The van der Waals surface area contributed by atoms with Crippen molar-refractivity contribution in [3.05, 3.63) is 0 Å². The molecule has 0 aromatic carbocycles. The van der Waals surface area contributed by atoms with Gasteiger partial charge in [-0.3, -0.25) is 4.79 Å². The first kappa shape index (κ1) is 16.8. The maximum atomic E-state index is 11.0. The highest BCUT2D eigenvalue weighted by atomic mass is 16.2. The molecule has 0 heterocycles. The van der Waals surface area contributed by atoms with E-state index < -0.39 is 12.5 Å². The molecule has 0 saturated carbocycles. The fourth-order valence-electron chi connectivity index (χ4n) is 0.844. The van der Waals surface area contributed by atoms with Gasteiger partial charge in [-0.1, -0.05) is 0 Å². The summed E-state index contributed by atoms with van der Waals surface area (Å²) in [4.78, 5) is 31.3. The minimum Gasteiger partial charge on any atom is -0.348 e. The lowest BCUT2D eigenvalue weighted by atomic mass is 10.1. The molecule has 0 unspecified atom stereocenters. The lowest BCUT2D eigenvalue weighted by Gasteiger charge is -2.19. The molecule has 0 atom stereocenters. The Kier molecular flexibility index (Phi) is 8.82. The van der Waals surface area contributed by atoms with Gasteiger partial charge in [0.25, 0.3) is 0 Å². The van der Waals surface area contributed by atoms with Crippen LogP contribution in [0.25, 0.3) is 0 Å². The highest BCUT2D eigenvalue weighted by Crippen LogP contribution is 1.96. The summed E-state index contributed by atoms with van der Waals surface area (Å²) in [5.41, 5.74) is -0.182. The molecule has 0 rings (SSSR count). The smallest absolute Gasteiger partial charge is 0.234 e. The molecule has 118 valence electrons. The zero-order chi connectivity index (χ0) is 18.0. The standard InChI is InChI=1S/C8H16N2O2.C6H13NO/c1-8(2,3)10-6-7(12)9-4-5-11;1-6(2,3)7-4-5-8/h5,10H,4,6H2,1-3H3,(H,9,12);5,7H,4H2,1-3H3/i2*5D. The Hall–Kier alpha value is -1.27. The number of carbonyl (C=O) groups is 3. The van der Waals surface area contributed by atoms with Gasteiger partial charge in [0.2, 0.25) is 5.91 Å². The maximum Gasteiger partial charge on any atom is 0.234 e. The number of hydrogen-bond donors (Lipinski definition) is 3. The van der Waals surface area contributed by atoms with Crippen LogP contribution in [0, 0.1) is 0 Å². The van der Waals surface area contributed by atoms with Crippen LogP contribution in [-0.4, -0.2) is 49.1 Å². The van der Waals surface area contributed by atoms with Gasteiger partial charge >= 0.3 is 0 Å². The second-order valence-electron chi connectivity index (χ2n) is 6.27. The van der Waals surface area contributed by atoms with E-state index >= 15 is 0 Å². The minimum atomic E-state index is -0.788. The van der Waals surface area contributed by atoms with E-state index in [1.807, 2.05) is 41.5 Å². The molecule has 0 saturated heterocycles. The lowest BCUT2D eigenvalue weighted by Crippen LogP contribution is -2.43. The van der Waals surface area contributed by atoms with Crippen LogP contribution in [0.3, 0.4) is 0 Å². The van der Waals surface area contributed by atoms with E-state index in [1.54, 1.807) is 0 Å². The van der Waals surface area contributed by atoms with Crippen molar-refractivity contribution < 1.29 is 17.1 Å². The van der Waals surface area contributed by atoms with Crippen LogP contribution in [0.2, 0.25) is 0 Å². The van der Waals surface area contributed by atoms with Gasteiger partial charge in [0.1, 0.15) is 15.3 Å². The summed E-state index contributed by atoms with van der Waals surface area (Å²) in [5, 5.41) is 8.16. The van der Waals surface area contributed by atoms with Gasteiger partial charge in [-0.2, -0.15) is 0 Å². The molecule has 6 nitrogen and oxygen atoms in total. The highest BCUT2D eigenvalue weighted by Gasteiger charge is 2.10. The molecule has 0 aliphatic carbocycles. The number of aldehydes is 2. The molecule has 0 fully saturated rings. The number of carbonyl (C=O) groups excluding carboxylic acids is 3. The molecule has 0 radical (unpaired) electrons. The van der Waals surface area contributed by atoms with Crippen molar-refractivity contribution in [1.82, 2.24) is 16.0 Å². The van der Waals surface area contributed by atoms with E-state index in [4.69, 9.17) is 2.74 Å². The van der Waals surface area contributed by atoms with Crippen LogP contribution in [0.5, 0.6) is 0 Å². The maximum absolute atomic E-state index is 11.0. The molecule has 1 amide bonds. The monoisotopic (exact) mass is 289 g/mol. The number of amides is 1. The summed E-state index contributed by atoms with van der Waals surface area (Å²) < 4.78 is 13.1. The molecular formula is C14H29N3O3. The third-order valence-electron chi connectivity index (χ3n) is 1.83. The lowest BCUT2D eigenvalue weighted by molar-refractivity contribution is -0.122. The Labute approximate surface area is 124 Å². The number of rotatable bonds is 6. The SMILES string of the molecule is [2H]C(=O)CNC(=O)CNC(C)(C)C.[2H]C(=O)CNC(C)(C)C. The first-order chi connectivity index (χ1) is 9.73. The minimum absolute atomic E-state index is 0.0588. The fourth-order valence-corrected chi connectivity index (χ4v) is 0.844. The van der Waals surface area contributed by atoms with Gasteiger partial charge in [-0.15, -0.1) is 0 Å². The van der Waals surface area contributed by atoms with Gasteiger partial charge in [-0.05, 0) is 41.5 Å². The van der Waals surface area contributed by atoms with Crippen molar-refractivity contribution in [2.24, 2.45) is 0 Å². The van der Waals surface area contributed by atoms with Gasteiger partial charge in [0.15, 0.2) is 0 Å². The zero-order valence-electron chi connectivity index (χ0n) is 15.3. The van der Waals surface area contributed by atoms with E-state index in [2.05, 4.69) is 16.0 Å². The Morgan fingerprint density at radius 1 is 0.950 bits per heavy atom. The molecule has 0 aromatic rings. The van der Waals surface area contributed by atoms with Crippen LogP contribution in [0.1, 0.15) is 44.3 Å². The van der Waals surface area contributed by atoms with Crippen LogP contribution in [0.15, 0.2) is 0 Å². The van der Waals surface area contributed by atoms with Crippen molar-refractivity contribution >= 4 is 18.4 Å². The van der Waals surface area contributed by atoms with Crippen molar-refractivity contribution in [2.45, 2.75) is 52.6 Å². The molecule has 20 heavy (non-hydrogen) atoms.